The van der Waals surface area contributed by atoms with Crippen molar-refractivity contribution in [3.05, 3.63) is 52.3 Å². The van der Waals surface area contributed by atoms with Crippen LogP contribution in [-0.4, -0.2) is 22.3 Å². The Hall–Kier alpha value is -2.14. The van der Waals surface area contributed by atoms with Crippen molar-refractivity contribution in [3.8, 4) is 0 Å². The van der Waals surface area contributed by atoms with Crippen molar-refractivity contribution in [2.75, 3.05) is 0 Å². The van der Waals surface area contributed by atoms with Gasteiger partial charge in [0, 0.05) is 22.2 Å². The molecule has 2 N–H and O–H groups in total. The van der Waals surface area contributed by atoms with E-state index >= 15 is 0 Å². The molecule has 1 aliphatic rings. The van der Waals surface area contributed by atoms with Crippen LogP contribution < -0.4 is 5.43 Å². The van der Waals surface area contributed by atoms with E-state index in [1.165, 1.54) is 6.21 Å². The number of amides is 1. The van der Waals surface area contributed by atoms with E-state index in [1.54, 1.807) is 12.1 Å². The minimum atomic E-state index is -0.337. The summed E-state index contributed by atoms with van der Waals surface area (Å²) in [5.41, 5.74) is 4.55. The average molecular weight is 289 g/mol. The molecule has 0 saturated heterocycles. The van der Waals surface area contributed by atoms with Gasteiger partial charge in [0.2, 0.25) is 0 Å². The van der Waals surface area contributed by atoms with Crippen LogP contribution in [0.5, 0.6) is 0 Å². The largest absolute Gasteiger partial charge is 0.291 e. The van der Waals surface area contributed by atoms with Gasteiger partial charge in [0.25, 0.3) is 5.91 Å². The summed E-state index contributed by atoms with van der Waals surface area (Å²) >= 11 is 5.98. The van der Waals surface area contributed by atoms with E-state index in [0.29, 0.717) is 16.6 Å². The summed E-state index contributed by atoms with van der Waals surface area (Å²) in [7, 11) is 0. The van der Waals surface area contributed by atoms with Crippen molar-refractivity contribution in [2.24, 2.45) is 5.10 Å². The van der Waals surface area contributed by atoms with Crippen LogP contribution in [-0.2, 0) is 0 Å². The van der Waals surface area contributed by atoms with E-state index in [1.807, 2.05) is 18.2 Å². The molecule has 0 radical (unpaired) electrons. The number of H-pyrrole nitrogens is 1. The Balaban J connectivity index is 1.62. The molecule has 1 aliphatic carbocycles. The molecular formula is C14H13ClN4O. The molecule has 5 nitrogen and oxygen atoms in total. The Morgan fingerprint density at radius 3 is 3.00 bits per heavy atom. The number of aromatic amines is 1. The van der Waals surface area contributed by atoms with E-state index in [4.69, 9.17) is 11.6 Å². The molecule has 0 atom stereocenters. The molecule has 102 valence electrons. The lowest BCUT2D eigenvalue weighted by molar-refractivity contribution is 0.0950. The van der Waals surface area contributed by atoms with Crippen molar-refractivity contribution in [1.82, 2.24) is 15.6 Å². The van der Waals surface area contributed by atoms with Crippen LogP contribution in [0, 0.1) is 0 Å². The molecule has 1 amide bonds. The van der Waals surface area contributed by atoms with Crippen LogP contribution in [0.2, 0.25) is 5.02 Å². The second-order valence-electron chi connectivity index (χ2n) is 4.70. The first-order chi connectivity index (χ1) is 9.74. The second kappa shape index (κ2) is 5.46. The molecule has 1 heterocycles. The first kappa shape index (κ1) is 12.9. The Morgan fingerprint density at radius 2 is 2.25 bits per heavy atom. The van der Waals surface area contributed by atoms with Gasteiger partial charge in [0.1, 0.15) is 0 Å². The minimum absolute atomic E-state index is 0.337. The quantitative estimate of drug-likeness (QED) is 0.671. The summed E-state index contributed by atoms with van der Waals surface area (Å²) in [5, 5.41) is 11.3. The van der Waals surface area contributed by atoms with Gasteiger partial charge in [-0.2, -0.15) is 10.2 Å². The molecule has 2 aromatic rings. The number of nitrogens with one attached hydrogen (secondary N) is 2. The molecule has 0 unspecified atom stereocenters. The smallest absolute Gasteiger partial charge is 0.281 e. The fourth-order valence-corrected chi connectivity index (χ4v) is 2.04. The van der Waals surface area contributed by atoms with Crippen molar-refractivity contribution in [2.45, 2.75) is 18.8 Å². The van der Waals surface area contributed by atoms with Crippen molar-refractivity contribution >= 4 is 23.7 Å². The zero-order chi connectivity index (χ0) is 13.9. The number of carbonyl (C=O) groups excluding carboxylic acids is 1. The Morgan fingerprint density at radius 1 is 1.45 bits per heavy atom. The van der Waals surface area contributed by atoms with E-state index in [9.17, 15) is 4.79 Å². The predicted octanol–water partition coefficient (Wildman–Crippen LogP) is 2.70. The van der Waals surface area contributed by atoms with E-state index < -0.39 is 0 Å². The Labute approximate surface area is 121 Å². The molecule has 3 rings (SSSR count). The first-order valence-corrected chi connectivity index (χ1v) is 6.75. The molecule has 1 saturated carbocycles. The molecule has 0 aliphatic heterocycles. The topological polar surface area (TPSA) is 70.1 Å². The van der Waals surface area contributed by atoms with Crippen molar-refractivity contribution in [3.63, 3.8) is 0 Å². The zero-order valence-corrected chi connectivity index (χ0v) is 11.4. The maximum atomic E-state index is 11.8. The van der Waals surface area contributed by atoms with E-state index in [2.05, 4.69) is 20.7 Å². The number of hydrogen-bond acceptors (Lipinski definition) is 3. The van der Waals surface area contributed by atoms with Crippen molar-refractivity contribution in [1.29, 1.82) is 0 Å². The number of hydrazone groups is 1. The summed E-state index contributed by atoms with van der Waals surface area (Å²) in [6.45, 7) is 0. The summed E-state index contributed by atoms with van der Waals surface area (Å²) < 4.78 is 0. The molecule has 0 spiro atoms. The molecule has 1 aromatic carbocycles. The number of hydrogen-bond donors (Lipinski definition) is 2. The van der Waals surface area contributed by atoms with Crippen LogP contribution in [0.1, 0.15) is 40.5 Å². The molecule has 1 fully saturated rings. The Kier molecular flexibility index (Phi) is 3.52. The minimum Gasteiger partial charge on any atom is -0.281 e. The highest BCUT2D eigenvalue weighted by Crippen LogP contribution is 2.38. The molecule has 0 bridgehead atoms. The maximum Gasteiger partial charge on any atom is 0.291 e. The van der Waals surface area contributed by atoms with Crippen molar-refractivity contribution < 1.29 is 4.79 Å². The maximum absolute atomic E-state index is 11.8. The number of carbonyl (C=O) groups is 1. The number of aromatic nitrogens is 2. The summed E-state index contributed by atoms with van der Waals surface area (Å²) in [5.74, 6) is 0.201. The van der Waals surface area contributed by atoms with Gasteiger partial charge in [-0.15, -0.1) is 0 Å². The van der Waals surface area contributed by atoms with Gasteiger partial charge >= 0.3 is 0 Å². The third-order valence-corrected chi connectivity index (χ3v) is 3.47. The van der Waals surface area contributed by atoms with Gasteiger partial charge in [-0.3, -0.25) is 9.89 Å². The van der Waals surface area contributed by atoms with E-state index in [-0.39, 0.29) is 5.91 Å². The Bertz CT molecular complexity index is 661. The number of benzene rings is 1. The summed E-state index contributed by atoms with van der Waals surface area (Å²) in [6, 6.07) is 9.04. The van der Waals surface area contributed by atoms with Crippen LogP contribution >= 0.6 is 11.6 Å². The zero-order valence-electron chi connectivity index (χ0n) is 10.6. The van der Waals surface area contributed by atoms with Gasteiger partial charge in [-0.25, -0.2) is 5.43 Å². The monoisotopic (exact) mass is 288 g/mol. The van der Waals surface area contributed by atoms with Crippen LogP contribution in [0.3, 0.4) is 0 Å². The predicted molar refractivity (Wildman–Crippen MR) is 77.1 cm³/mol. The summed E-state index contributed by atoms with van der Waals surface area (Å²) in [4.78, 5) is 11.8. The van der Waals surface area contributed by atoms with Crippen LogP contribution in [0.25, 0.3) is 0 Å². The third kappa shape index (κ3) is 2.88. The molecule has 6 heteroatoms. The molecular weight excluding hydrogens is 276 g/mol. The average Bonchev–Trinajstić information content (AvgIpc) is 3.18. The molecule has 20 heavy (non-hydrogen) atoms. The standard InChI is InChI=1S/C14H13ClN4O/c15-11-4-2-1-3-10(11)8-16-19-14(20)13-7-12(17-18-13)9-5-6-9/h1-4,7-9H,5-6H2,(H,17,18)(H,19,20)/b16-8+. The fourth-order valence-electron chi connectivity index (χ4n) is 1.85. The van der Waals surface area contributed by atoms with Crippen LogP contribution in [0.4, 0.5) is 0 Å². The number of halogens is 1. The van der Waals surface area contributed by atoms with Gasteiger partial charge in [-0.05, 0) is 25.0 Å². The lowest BCUT2D eigenvalue weighted by Gasteiger charge is -1.97. The summed E-state index contributed by atoms with van der Waals surface area (Å²) in [6.07, 6.45) is 3.83. The van der Waals surface area contributed by atoms with Gasteiger partial charge in [0.05, 0.1) is 6.21 Å². The third-order valence-electron chi connectivity index (χ3n) is 3.12. The lowest BCUT2D eigenvalue weighted by atomic mass is 10.2. The number of nitrogens with zero attached hydrogens (tertiary/aromatic N) is 2. The fraction of sp³-hybridized carbons (Fsp3) is 0.214. The second-order valence-corrected chi connectivity index (χ2v) is 5.11. The SMILES string of the molecule is O=C(N/N=C/c1ccccc1Cl)c1cc(C2CC2)[nH]n1. The van der Waals surface area contributed by atoms with Gasteiger partial charge in [0.15, 0.2) is 5.69 Å². The molecule has 1 aromatic heterocycles. The highest BCUT2D eigenvalue weighted by molar-refractivity contribution is 6.33. The van der Waals surface area contributed by atoms with Gasteiger partial charge in [-0.1, -0.05) is 29.8 Å². The van der Waals surface area contributed by atoms with Crippen LogP contribution in [0.15, 0.2) is 35.4 Å². The number of rotatable bonds is 4. The first-order valence-electron chi connectivity index (χ1n) is 6.37. The highest BCUT2D eigenvalue weighted by Gasteiger charge is 2.26. The lowest BCUT2D eigenvalue weighted by Crippen LogP contribution is -2.18. The normalized spacial score (nSPS) is 14.7. The highest BCUT2D eigenvalue weighted by atomic mass is 35.5. The van der Waals surface area contributed by atoms with E-state index in [0.717, 1.165) is 24.1 Å². The van der Waals surface area contributed by atoms with Gasteiger partial charge < -0.3 is 0 Å².